The maximum atomic E-state index is 12.5. The van der Waals surface area contributed by atoms with E-state index in [1.807, 2.05) is 18.2 Å². The molecule has 1 heterocycles. The Morgan fingerprint density at radius 1 is 1.20 bits per heavy atom. The molecule has 2 N–H and O–H groups in total. The molecule has 1 atom stereocenters. The lowest BCUT2D eigenvalue weighted by molar-refractivity contribution is -0.123. The third kappa shape index (κ3) is 4.12. The highest BCUT2D eigenvalue weighted by Gasteiger charge is 2.57. The van der Waals surface area contributed by atoms with E-state index in [2.05, 4.69) is 16.7 Å². The Kier molecular flexibility index (Phi) is 5.90. The van der Waals surface area contributed by atoms with Gasteiger partial charge in [-0.1, -0.05) is 18.2 Å². The third-order valence-corrected chi connectivity index (χ3v) is 6.13. The SMILES string of the molecule is Cl.O=C(NCc1ccccc1OC1CCCC1)C1CC12CCNCC2. The van der Waals surface area contributed by atoms with Gasteiger partial charge in [-0.3, -0.25) is 4.79 Å². The number of para-hydroxylation sites is 1. The van der Waals surface area contributed by atoms with Crippen LogP contribution in [0.15, 0.2) is 24.3 Å². The normalized spacial score (nSPS) is 24.6. The van der Waals surface area contributed by atoms with Gasteiger partial charge in [0, 0.05) is 18.0 Å². The fourth-order valence-electron chi connectivity index (χ4n) is 4.45. The standard InChI is InChI=1S/C20H28N2O2.ClH/c23-19(17-13-20(17)9-11-21-12-10-20)22-14-15-5-1-4-8-18(15)24-16-6-2-3-7-16;/h1,4-5,8,16-17,21H,2-3,6-7,9-14H2,(H,22,23);1H. The summed E-state index contributed by atoms with van der Waals surface area (Å²) in [5.74, 6) is 1.40. The largest absolute Gasteiger partial charge is 0.490 e. The number of rotatable bonds is 5. The molecule has 138 valence electrons. The van der Waals surface area contributed by atoms with Crippen LogP contribution >= 0.6 is 12.4 Å². The molecule has 25 heavy (non-hydrogen) atoms. The van der Waals surface area contributed by atoms with Crippen molar-refractivity contribution in [3.63, 3.8) is 0 Å². The Morgan fingerprint density at radius 2 is 1.92 bits per heavy atom. The summed E-state index contributed by atoms with van der Waals surface area (Å²) in [6, 6.07) is 8.14. The summed E-state index contributed by atoms with van der Waals surface area (Å²) in [6.45, 7) is 2.69. The summed E-state index contributed by atoms with van der Waals surface area (Å²) >= 11 is 0. The van der Waals surface area contributed by atoms with Crippen molar-refractivity contribution in [3.05, 3.63) is 29.8 Å². The molecule has 4 nitrogen and oxygen atoms in total. The molecule has 3 aliphatic rings. The second-order valence-corrected chi connectivity index (χ2v) is 7.72. The van der Waals surface area contributed by atoms with Crippen LogP contribution in [-0.2, 0) is 11.3 Å². The van der Waals surface area contributed by atoms with Crippen LogP contribution in [0.2, 0.25) is 0 Å². The minimum atomic E-state index is 0. The number of piperidine rings is 1. The molecule has 5 heteroatoms. The number of hydrogen-bond donors (Lipinski definition) is 2. The average molecular weight is 365 g/mol. The summed E-state index contributed by atoms with van der Waals surface area (Å²) in [5.41, 5.74) is 1.40. The van der Waals surface area contributed by atoms with E-state index in [0.717, 1.165) is 56.5 Å². The van der Waals surface area contributed by atoms with Crippen molar-refractivity contribution >= 4 is 18.3 Å². The first-order chi connectivity index (χ1) is 11.8. The van der Waals surface area contributed by atoms with Crippen molar-refractivity contribution in [2.24, 2.45) is 11.3 Å². The Morgan fingerprint density at radius 3 is 2.68 bits per heavy atom. The zero-order chi connectivity index (χ0) is 16.4. The number of nitrogens with one attached hydrogen (secondary N) is 2. The Bertz CT molecular complexity index is 595. The van der Waals surface area contributed by atoms with Gasteiger partial charge in [0.15, 0.2) is 0 Å². The second-order valence-electron chi connectivity index (χ2n) is 7.72. The summed E-state index contributed by atoms with van der Waals surface area (Å²) in [6.07, 6.45) is 8.55. The van der Waals surface area contributed by atoms with Crippen molar-refractivity contribution in [1.29, 1.82) is 0 Å². The molecule has 1 spiro atoms. The van der Waals surface area contributed by atoms with Gasteiger partial charge in [0.2, 0.25) is 5.91 Å². The fraction of sp³-hybridized carbons (Fsp3) is 0.650. The topological polar surface area (TPSA) is 50.4 Å². The molecule has 0 bridgehead atoms. The monoisotopic (exact) mass is 364 g/mol. The minimum Gasteiger partial charge on any atom is -0.490 e. The van der Waals surface area contributed by atoms with Gasteiger partial charge < -0.3 is 15.4 Å². The van der Waals surface area contributed by atoms with Crippen molar-refractivity contribution in [2.75, 3.05) is 13.1 Å². The quantitative estimate of drug-likeness (QED) is 0.841. The third-order valence-electron chi connectivity index (χ3n) is 6.13. The van der Waals surface area contributed by atoms with Gasteiger partial charge in [0.05, 0.1) is 6.10 Å². The van der Waals surface area contributed by atoms with E-state index in [4.69, 9.17) is 4.74 Å². The summed E-state index contributed by atoms with van der Waals surface area (Å²) < 4.78 is 6.17. The molecule has 1 saturated heterocycles. The first-order valence-corrected chi connectivity index (χ1v) is 9.50. The summed E-state index contributed by atoms with van der Waals surface area (Å²) in [7, 11) is 0. The minimum absolute atomic E-state index is 0. The van der Waals surface area contributed by atoms with Crippen LogP contribution in [-0.4, -0.2) is 25.1 Å². The average Bonchev–Trinajstić information content (AvgIpc) is 3.05. The van der Waals surface area contributed by atoms with Crippen LogP contribution in [0.25, 0.3) is 0 Å². The van der Waals surface area contributed by atoms with Gasteiger partial charge in [-0.25, -0.2) is 0 Å². The molecule has 4 rings (SSSR count). The molecule has 1 aromatic rings. The number of carbonyl (C=O) groups excluding carboxylic acids is 1. The molecule has 0 radical (unpaired) electrons. The molecule has 1 unspecified atom stereocenters. The van der Waals surface area contributed by atoms with Crippen LogP contribution in [0.3, 0.4) is 0 Å². The van der Waals surface area contributed by atoms with Crippen LogP contribution in [0.5, 0.6) is 5.75 Å². The van der Waals surface area contributed by atoms with Crippen molar-refractivity contribution in [2.45, 2.75) is 57.6 Å². The number of amides is 1. The van der Waals surface area contributed by atoms with E-state index < -0.39 is 0 Å². The number of ether oxygens (including phenoxy) is 1. The molecular formula is C20H29ClN2O2. The molecule has 2 aliphatic carbocycles. The zero-order valence-corrected chi connectivity index (χ0v) is 15.6. The van der Waals surface area contributed by atoms with Crippen LogP contribution in [0.4, 0.5) is 0 Å². The highest BCUT2D eigenvalue weighted by molar-refractivity contribution is 5.85. The van der Waals surface area contributed by atoms with E-state index in [0.29, 0.717) is 18.1 Å². The predicted molar refractivity (Wildman–Crippen MR) is 101 cm³/mol. The van der Waals surface area contributed by atoms with E-state index in [1.165, 1.54) is 12.8 Å². The smallest absolute Gasteiger partial charge is 0.223 e. The van der Waals surface area contributed by atoms with E-state index in [1.54, 1.807) is 0 Å². The number of benzene rings is 1. The van der Waals surface area contributed by atoms with Crippen LogP contribution in [0, 0.1) is 11.3 Å². The fourth-order valence-corrected chi connectivity index (χ4v) is 4.45. The van der Waals surface area contributed by atoms with Gasteiger partial charge >= 0.3 is 0 Å². The molecular weight excluding hydrogens is 336 g/mol. The van der Waals surface area contributed by atoms with Crippen molar-refractivity contribution in [3.8, 4) is 5.75 Å². The Hall–Kier alpha value is -1.26. The van der Waals surface area contributed by atoms with Crippen LogP contribution in [0.1, 0.15) is 50.5 Å². The first-order valence-electron chi connectivity index (χ1n) is 9.50. The molecule has 0 aromatic heterocycles. The Balaban J connectivity index is 0.00000182. The maximum Gasteiger partial charge on any atom is 0.223 e. The van der Waals surface area contributed by atoms with Crippen molar-refractivity contribution in [1.82, 2.24) is 10.6 Å². The van der Waals surface area contributed by atoms with Crippen molar-refractivity contribution < 1.29 is 9.53 Å². The van der Waals surface area contributed by atoms with E-state index >= 15 is 0 Å². The highest BCUT2D eigenvalue weighted by Crippen LogP contribution is 2.58. The van der Waals surface area contributed by atoms with Gasteiger partial charge in [-0.2, -0.15) is 0 Å². The first kappa shape index (κ1) is 18.5. The number of hydrogen-bond acceptors (Lipinski definition) is 3. The lowest BCUT2D eigenvalue weighted by Gasteiger charge is -2.23. The van der Waals surface area contributed by atoms with Gasteiger partial charge in [-0.15, -0.1) is 12.4 Å². The van der Waals surface area contributed by atoms with Crippen LogP contribution < -0.4 is 15.4 Å². The Labute approximate surface area is 156 Å². The lowest BCUT2D eigenvalue weighted by atomic mass is 9.92. The second kappa shape index (κ2) is 7.96. The number of halogens is 1. The molecule has 1 amide bonds. The summed E-state index contributed by atoms with van der Waals surface area (Å²) in [5, 5.41) is 6.55. The zero-order valence-electron chi connectivity index (χ0n) is 14.8. The molecule has 3 fully saturated rings. The van der Waals surface area contributed by atoms with E-state index in [9.17, 15) is 4.79 Å². The van der Waals surface area contributed by atoms with Gasteiger partial charge in [0.25, 0.3) is 0 Å². The highest BCUT2D eigenvalue weighted by atomic mass is 35.5. The molecule has 1 aromatic carbocycles. The van der Waals surface area contributed by atoms with E-state index in [-0.39, 0.29) is 24.2 Å². The number of carbonyl (C=O) groups is 1. The predicted octanol–water partition coefficient (Wildman–Crippen LogP) is 3.44. The lowest BCUT2D eigenvalue weighted by Crippen LogP contribution is -2.33. The molecule has 2 saturated carbocycles. The molecule has 1 aliphatic heterocycles. The summed E-state index contributed by atoms with van der Waals surface area (Å²) in [4.78, 5) is 12.5. The maximum absolute atomic E-state index is 12.5. The van der Waals surface area contributed by atoms with Gasteiger partial charge in [0.1, 0.15) is 5.75 Å². The van der Waals surface area contributed by atoms with Gasteiger partial charge in [-0.05, 0) is 69.5 Å².